The predicted octanol–water partition coefficient (Wildman–Crippen LogP) is 1.23. The van der Waals surface area contributed by atoms with Crippen molar-refractivity contribution in [3.8, 4) is 0 Å². The van der Waals surface area contributed by atoms with E-state index in [1.165, 1.54) is 0 Å². The van der Waals surface area contributed by atoms with E-state index in [1.807, 2.05) is 0 Å². The van der Waals surface area contributed by atoms with Crippen molar-refractivity contribution < 1.29 is 13.6 Å². The van der Waals surface area contributed by atoms with E-state index in [-0.39, 0.29) is 11.4 Å². The van der Waals surface area contributed by atoms with Gasteiger partial charge in [-0.15, -0.1) is 0 Å². The number of aromatic amines is 2. The maximum absolute atomic E-state index is 13.2. The molecular formula is C10H7F2N3O2. The highest BCUT2D eigenvalue weighted by atomic mass is 19.1. The van der Waals surface area contributed by atoms with Crippen LogP contribution in [0.25, 0.3) is 0 Å². The van der Waals surface area contributed by atoms with Gasteiger partial charge in [0.05, 0.1) is 5.69 Å². The minimum atomic E-state index is -0.892. The maximum Gasteiger partial charge on any atom is 0.273 e. The summed E-state index contributed by atoms with van der Waals surface area (Å²) in [4.78, 5) is 22.3. The molecule has 0 bridgehead atoms. The van der Waals surface area contributed by atoms with Crippen LogP contribution in [-0.2, 0) is 0 Å². The fourth-order valence-corrected chi connectivity index (χ4v) is 1.24. The summed E-state index contributed by atoms with van der Waals surface area (Å²) < 4.78 is 25.8. The van der Waals surface area contributed by atoms with Crippen LogP contribution in [0.2, 0.25) is 0 Å². The molecule has 0 aliphatic heterocycles. The number of carbonyl (C=O) groups excluding carboxylic acids is 1. The summed E-state index contributed by atoms with van der Waals surface area (Å²) >= 11 is 0. The Hall–Kier alpha value is -2.44. The van der Waals surface area contributed by atoms with Gasteiger partial charge in [0.15, 0.2) is 0 Å². The molecule has 3 N–H and O–H groups in total. The van der Waals surface area contributed by atoms with Crippen molar-refractivity contribution in [3.05, 3.63) is 51.9 Å². The van der Waals surface area contributed by atoms with Crippen LogP contribution in [0, 0.1) is 11.6 Å². The van der Waals surface area contributed by atoms with Gasteiger partial charge >= 0.3 is 0 Å². The summed E-state index contributed by atoms with van der Waals surface area (Å²) in [5.74, 6) is -2.33. The van der Waals surface area contributed by atoms with Crippen molar-refractivity contribution in [1.29, 1.82) is 0 Å². The molecule has 2 aromatic rings. The zero-order valence-corrected chi connectivity index (χ0v) is 8.38. The van der Waals surface area contributed by atoms with Crippen molar-refractivity contribution in [2.24, 2.45) is 0 Å². The van der Waals surface area contributed by atoms with Gasteiger partial charge in [-0.25, -0.2) is 8.78 Å². The SMILES string of the molecule is O=C(Nc1ccc(F)cc1F)c1cc(=O)[nH][nH]1. The Balaban J connectivity index is 2.21. The fourth-order valence-electron chi connectivity index (χ4n) is 1.24. The van der Waals surface area contributed by atoms with Crippen LogP contribution >= 0.6 is 0 Å². The molecule has 17 heavy (non-hydrogen) atoms. The molecular weight excluding hydrogens is 232 g/mol. The number of amides is 1. The number of hydrogen-bond acceptors (Lipinski definition) is 2. The number of H-pyrrole nitrogens is 2. The Labute approximate surface area is 93.5 Å². The second-order valence-corrected chi connectivity index (χ2v) is 3.25. The molecule has 5 nitrogen and oxygen atoms in total. The minimum absolute atomic E-state index is 0.0428. The molecule has 88 valence electrons. The van der Waals surface area contributed by atoms with Gasteiger partial charge in [-0.05, 0) is 12.1 Å². The molecule has 1 aromatic carbocycles. The van der Waals surface area contributed by atoms with E-state index in [0.717, 1.165) is 18.2 Å². The molecule has 2 rings (SSSR count). The highest BCUT2D eigenvalue weighted by Gasteiger charge is 2.11. The summed E-state index contributed by atoms with van der Waals surface area (Å²) in [5.41, 5.74) is -0.688. The average molecular weight is 239 g/mol. The van der Waals surface area contributed by atoms with Crippen LogP contribution in [0.1, 0.15) is 10.5 Å². The Kier molecular flexibility index (Phi) is 2.73. The number of halogens is 2. The van der Waals surface area contributed by atoms with Crippen molar-refractivity contribution in [2.45, 2.75) is 0 Å². The lowest BCUT2D eigenvalue weighted by Gasteiger charge is -2.04. The van der Waals surface area contributed by atoms with Crippen LogP contribution < -0.4 is 10.9 Å². The molecule has 0 atom stereocenters. The van der Waals surface area contributed by atoms with E-state index in [9.17, 15) is 18.4 Å². The van der Waals surface area contributed by atoms with E-state index in [0.29, 0.717) is 6.07 Å². The Morgan fingerprint density at radius 1 is 1.18 bits per heavy atom. The summed E-state index contributed by atoms with van der Waals surface area (Å²) in [6, 6.07) is 3.78. The predicted molar refractivity (Wildman–Crippen MR) is 55.7 cm³/mol. The van der Waals surface area contributed by atoms with Crippen LogP contribution in [0.5, 0.6) is 0 Å². The first-order valence-electron chi connectivity index (χ1n) is 4.60. The highest BCUT2D eigenvalue weighted by molar-refractivity contribution is 6.02. The quantitative estimate of drug-likeness (QED) is 0.737. The lowest BCUT2D eigenvalue weighted by molar-refractivity contribution is 0.102. The smallest absolute Gasteiger partial charge is 0.273 e. The second-order valence-electron chi connectivity index (χ2n) is 3.25. The van der Waals surface area contributed by atoms with Gasteiger partial charge in [-0.2, -0.15) is 0 Å². The van der Waals surface area contributed by atoms with Crippen molar-refractivity contribution in [3.63, 3.8) is 0 Å². The number of nitrogens with one attached hydrogen (secondary N) is 3. The van der Waals surface area contributed by atoms with Crippen LogP contribution in [0.15, 0.2) is 29.1 Å². The summed E-state index contributed by atoms with van der Waals surface area (Å²) in [6.45, 7) is 0. The van der Waals surface area contributed by atoms with Gasteiger partial charge in [0.1, 0.15) is 17.3 Å². The number of rotatable bonds is 2. The lowest BCUT2D eigenvalue weighted by atomic mass is 10.3. The van der Waals surface area contributed by atoms with Gasteiger partial charge in [0, 0.05) is 12.1 Å². The number of benzene rings is 1. The largest absolute Gasteiger partial charge is 0.318 e. The third-order valence-electron chi connectivity index (χ3n) is 2.02. The van der Waals surface area contributed by atoms with E-state index in [4.69, 9.17) is 0 Å². The molecule has 7 heteroatoms. The van der Waals surface area contributed by atoms with E-state index >= 15 is 0 Å². The van der Waals surface area contributed by atoms with Gasteiger partial charge in [-0.3, -0.25) is 19.8 Å². The molecule has 0 aliphatic rings. The van der Waals surface area contributed by atoms with Crippen molar-refractivity contribution in [1.82, 2.24) is 10.2 Å². The Morgan fingerprint density at radius 3 is 2.53 bits per heavy atom. The molecule has 0 fully saturated rings. The molecule has 0 saturated carbocycles. The number of anilines is 1. The maximum atomic E-state index is 13.2. The molecule has 1 amide bonds. The van der Waals surface area contributed by atoms with Gasteiger partial charge in [-0.1, -0.05) is 0 Å². The van der Waals surface area contributed by atoms with Crippen LogP contribution in [-0.4, -0.2) is 16.1 Å². The fraction of sp³-hybridized carbons (Fsp3) is 0. The molecule has 1 heterocycles. The number of aromatic nitrogens is 2. The number of hydrogen-bond donors (Lipinski definition) is 3. The van der Waals surface area contributed by atoms with Gasteiger partial charge in [0.2, 0.25) is 0 Å². The van der Waals surface area contributed by atoms with Crippen LogP contribution in [0.4, 0.5) is 14.5 Å². The normalized spacial score (nSPS) is 10.2. The summed E-state index contributed by atoms with van der Waals surface area (Å²) in [6.07, 6.45) is 0. The molecule has 1 aromatic heterocycles. The molecule has 0 radical (unpaired) electrons. The zero-order chi connectivity index (χ0) is 12.4. The zero-order valence-electron chi connectivity index (χ0n) is 8.38. The third-order valence-corrected chi connectivity index (χ3v) is 2.02. The monoisotopic (exact) mass is 239 g/mol. The Bertz CT molecular complexity index is 618. The van der Waals surface area contributed by atoms with Crippen molar-refractivity contribution in [2.75, 3.05) is 5.32 Å². The summed E-state index contributed by atoms with van der Waals surface area (Å²) in [7, 11) is 0. The minimum Gasteiger partial charge on any atom is -0.318 e. The third kappa shape index (κ3) is 2.39. The van der Waals surface area contributed by atoms with Crippen LogP contribution in [0.3, 0.4) is 0 Å². The standard InChI is InChI=1S/C10H7F2N3O2/c11-5-1-2-7(6(12)3-5)13-10(17)8-4-9(16)15-14-8/h1-4H,(H,13,17)(H2,14,15,16). The van der Waals surface area contributed by atoms with Gasteiger partial charge < -0.3 is 5.32 Å². The first kappa shape index (κ1) is 11.1. The average Bonchev–Trinajstić information content (AvgIpc) is 2.69. The lowest BCUT2D eigenvalue weighted by Crippen LogP contribution is -2.13. The molecule has 0 spiro atoms. The first-order chi connectivity index (χ1) is 8.06. The van der Waals surface area contributed by atoms with E-state index in [2.05, 4.69) is 15.5 Å². The van der Waals surface area contributed by atoms with E-state index < -0.39 is 23.1 Å². The second kappa shape index (κ2) is 4.20. The molecule has 0 aliphatic carbocycles. The highest BCUT2D eigenvalue weighted by Crippen LogP contribution is 2.15. The van der Waals surface area contributed by atoms with E-state index in [1.54, 1.807) is 0 Å². The topological polar surface area (TPSA) is 77.8 Å². The number of carbonyl (C=O) groups is 1. The van der Waals surface area contributed by atoms with Crippen molar-refractivity contribution >= 4 is 11.6 Å². The molecule has 0 saturated heterocycles. The molecule has 0 unspecified atom stereocenters. The van der Waals surface area contributed by atoms with Gasteiger partial charge in [0.25, 0.3) is 11.5 Å². The Morgan fingerprint density at radius 2 is 1.94 bits per heavy atom. The first-order valence-corrected chi connectivity index (χ1v) is 4.60. The summed E-state index contributed by atoms with van der Waals surface area (Å²) in [5, 5.41) is 6.67.